The van der Waals surface area contributed by atoms with Gasteiger partial charge in [0.05, 0.1) is 15.2 Å². The Morgan fingerprint density at radius 2 is 2.05 bits per heavy atom. The highest BCUT2D eigenvalue weighted by Gasteiger charge is 2.17. The molecule has 0 bridgehead atoms. The minimum Gasteiger partial charge on any atom is -0.303 e. The molecule has 2 heterocycles. The zero-order valence-corrected chi connectivity index (χ0v) is 13.9. The van der Waals surface area contributed by atoms with E-state index in [2.05, 4.69) is 36.1 Å². The van der Waals surface area contributed by atoms with Crippen molar-refractivity contribution in [1.29, 1.82) is 0 Å². The summed E-state index contributed by atoms with van der Waals surface area (Å²) >= 11 is 1.86. The van der Waals surface area contributed by atoms with Crippen LogP contribution in [0.3, 0.4) is 0 Å². The van der Waals surface area contributed by atoms with Gasteiger partial charge in [0.25, 0.3) is 0 Å². The van der Waals surface area contributed by atoms with Crippen LogP contribution in [0.4, 0.5) is 0 Å². The second-order valence-electron chi connectivity index (χ2n) is 6.25. The number of fused-ring (bicyclic) bond motifs is 1. The predicted octanol–water partition coefficient (Wildman–Crippen LogP) is 4.74. The quantitative estimate of drug-likeness (QED) is 0.766. The summed E-state index contributed by atoms with van der Waals surface area (Å²) in [5.41, 5.74) is 1.16. The number of nitrogens with zero attached hydrogens (tertiary/aromatic N) is 2. The van der Waals surface area contributed by atoms with E-state index in [1.807, 2.05) is 11.3 Å². The van der Waals surface area contributed by atoms with Gasteiger partial charge in [-0.1, -0.05) is 31.9 Å². The van der Waals surface area contributed by atoms with E-state index < -0.39 is 0 Å². The Labute approximate surface area is 132 Å². The second-order valence-corrected chi connectivity index (χ2v) is 7.37. The number of piperidine rings is 1. The van der Waals surface area contributed by atoms with Gasteiger partial charge in [-0.3, -0.25) is 0 Å². The first-order chi connectivity index (χ1) is 10.3. The monoisotopic (exact) mass is 302 g/mol. The van der Waals surface area contributed by atoms with Crippen LogP contribution in [0.25, 0.3) is 10.2 Å². The van der Waals surface area contributed by atoms with Crippen LogP contribution < -0.4 is 0 Å². The molecule has 1 aromatic carbocycles. The molecule has 0 radical (unpaired) electrons. The van der Waals surface area contributed by atoms with Crippen LogP contribution in [0.15, 0.2) is 24.3 Å². The molecule has 0 saturated carbocycles. The highest BCUT2D eigenvalue weighted by molar-refractivity contribution is 7.18. The zero-order valence-electron chi connectivity index (χ0n) is 13.1. The molecule has 0 spiro atoms. The Kier molecular flexibility index (Phi) is 5.26. The van der Waals surface area contributed by atoms with Crippen LogP contribution in [0.5, 0.6) is 0 Å². The fraction of sp³-hybridized carbons (Fsp3) is 0.611. The van der Waals surface area contributed by atoms with Gasteiger partial charge in [0.15, 0.2) is 0 Å². The molecule has 1 aromatic heterocycles. The fourth-order valence-electron chi connectivity index (χ4n) is 3.39. The highest BCUT2D eigenvalue weighted by atomic mass is 32.1. The lowest BCUT2D eigenvalue weighted by Gasteiger charge is -2.31. The second kappa shape index (κ2) is 7.37. The van der Waals surface area contributed by atoms with Crippen molar-refractivity contribution in [1.82, 2.24) is 9.88 Å². The third-order valence-electron chi connectivity index (χ3n) is 4.61. The van der Waals surface area contributed by atoms with Crippen molar-refractivity contribution in [2.75, 3.05) is 19.6 Å². The van der Waals surface area contributed by atoms with Gasteiger partial charge in [0.2, 0.25) is 0 Å². The Bertz CT molecular complexity index is 522. The molecule has 0 atom stereocenters. The average molecular weight is 302 g/mol. The molecule has 1 aliphatic rings. The predicted molar refractivity (Wildman–Crippen MR) is 92.0 cm³/mol. The lowest BCUT2D eigenvalue weighted by Crippen LogP contribution is -2.34. The van der Waals surface area contributed by atoms with Crippen molar-refractivity contribution in [2.24, 2.45) is 5.92 Å². The van der Waals surface area contributed by atoms with Gasteiger partial charge in [0.1, 0.15) is 0 Å². The Hall–Kier alpha value is -0.930. The van der Waals surface area contributed by atoms with Gasteiger partial charge in [-0.25, -0.2) is 4.98 Å². The molecule has 2 nitrogen and oxygen atoms in total. The van der Waals surface area contributed by atoms with E-state index in [1.54, 1.807) is 0 Å². The van der Waals surface area contributed by atoms with Crippen molar-refractivity contribution < 1.29 is 0 Å². The highest BCUT2D eigenvalue weighted by Crippen LogP contribution is 2.24. The van der Waals surface area contributed by atoms with Crippen LogP contribution in [-0.2, 0) is 6.42 Å². The molecular weight excluding hydrogens is 276 g/mol. The van der Waals surface area contributed by atoms with Gasteiger partial charge < -0.3 is 4.90 Å². The summed E-state index contributed by atoms with van der Waals surface area (Å²) < 4.78 is 1.33. The molecular formula is C18H26N2S. The normalized spacial score (nSPS) is 17.6. The summed E-state index contributed by atoms with van der Waals surface area (Å²) in [6.45, 7) is 6.17. The molecule has 3 rings (SSSR count). The van der Waals surface area contributed by atoms with Crippen molar-refractivity contribution in [3.8, 4) is 0 Å². The average Bonchev–Trinajstić information content (AvgIpc) is 2.92. The zero-order chi connectivity index (χ0) is 14.5. The van der Waals surface area contributed by atoms with Crippen LogP contribution in [0.2, 0.25) is 0 Å². The number of para-hydroxylation sites is 1. The third-order valence-corrected chi connectivity index (χ3v) is 5.70. The number of aromatic nitrogens is 1. The lowest BCUT2D eigenvalue weighted by molar-refractivity contribution is 0.177. The van der Waals surface area contributed by atoms with Crippen molar-refractivity contribution in [3.63, 3.8) is 0 Å². The van der Waals surface area contributed by atoms with Gasteiger partial charge in [0, 0.05) is 6.42 Å². The van der Waals surface area contributed by atoms with Gasteiger partial charge >= 0.3 is 0 Å². The molecule has 0 aliphatic carbocycles. The topological polar surface area (TPSA) is 16.1 Å². The van der Waals surface area contributed by atoms with E-state index in [1.165, 1.54) is 61.4 Å². The van der Waals surface area contributed by atoms with Crippen LogP contribution in [0.1, 0.15) is 44.0 Å². The summed E-state index contributed by atoms with van der Waals surface area (Å²) in [5.74, 6) is 0.996. The largest absolute Gasteiger partial charge is 0.303 e. The number of benzene rings is 1. The summed E-state index contributed by atoms with van der Waals surface area (Å²) in [5, 5.41) is 1.30. The van der Waals surface area contributed by atoms with Gasteiger partial charge in [-0.05, 0) is 56.9 Å². The SMILES string of the molecule is CCCC1CCN(CCCc2nc3ccccc3s2)CC1. The minimum absolute atomic E-state index is 0.996. The molecule has 1 saturated heterocycles. The number of hydrogen-bond acceptors (Lipinski definition) is 3. The van der Waals surface area contributed by atoms with Crippen LogP contribution in [0, 0.1) is 5.92 Å². The number of aryl methyl sites for hydroxylation is 1. The molecule has 0 N–H and O–H groups in total. The molecule has 2 aromatic rings. The van der Waals surface area contributed by atoms with E-state index in [9.17, 15) is 0 Å². The van der Waals surface area contributed by atoms with Gasteiger partial charge in [-0.2, -0.15) is 0 Å². The van der Waals surface area contributed by atoms with E-state index in [0.717, 1.165) is 17.9 Å². The standard InChI is InChI=1S/C18H26N2S/c1-2-6-15-10-13-20(14-11-15)12-5-9-18-19-16-7-3-4-8-17(16)21-18/h3-4,7-8,15H,2,5-6,9-14H2,1H3. The summed E-state index contributed by atoms with van der Waals surface area (Å²) in [6.07, 6.45) is 7.98. The maximum atomic E-state index is 4.73. The molecule has 1 aliphatic heterocycles. The molecule has 21 heavy (non-hydrogen) atoms. The van der Waals surface area contributed by atoms with Crippen molar-refractivity contribution in [2.45, 2.75) is 45.4 Å². The maximum absolute atomic E-state index is 4.73. The first-order valence-electron chi connectivity index (χ1n) is 8.42. The van der Waals surface area contributed by atoms with Crippen molar-refractivity contribution >= 4 is 21.6 Å². The Morgan fingerprint density at radius 1 is 1.24 bits per heavy atom. The number of likely N-dealkylation sites (tertiary alicyclic amines) is 1. The number of hydrogen-bond donors (Lipinski definition) is 0. The van der Waals surface area contributed by atoms with E-state index in [-0.39, 0.29) is 0 Å². The lowest BCUT2D eigenvalue weighted by atomic mass is 9.92. The molecule has 0 unspecified atom stereocenters. The first kappa shape index (κ1) is 15.0. The minimum atomic E-state index is 0.996. The van der Waals surface area contributed by atoms with Crippen LogP contribution >= 0.6 is 11.3 Å². The molecule has 114 valence electrons. The molecule has 1 fully saturated rings. The number of rotatable bonds is 6. The van der Waals surface area contributed by atoms with E-state index >= 15 is 0 Å². The van der Waals surface area contributed by atoms with Crippen LogP contribution in [-0.4, -0.2) is 29.5 Å². The molecule has 3 heteroatoms. The molecule has 0 amide bonds. The Balaban J connectivity index is 1.42. The maximum Gasteiger partial charge on any atom is 0.0939 e. The van der Waals surface area contributed by atoms with Gasteiger partial charge in [-0.15, -0.1) is 11.3 Å². The summed E-state index contributed by atoms with van der Waals surface area (Å²) in [4.78, 5) is 7.38. The summed E-state index contributed by atoms with van der Waals surface area (Å²) in [7, 11) is 0. The van der Waals surface area contributed by atoms with E-state index in [0.29, 0.717) is 0 Å². The fourth-order valence-corrected chi connectivity index (χ4v) is 4.40. The Morgan fingerprint density at radius 3 is 2.81 bits per heavy atom. The first-order valence-corrected chi connectivity index (χ1v) is 9.23. The van der Waals surface area contributed by atoms with Crippen molar-refractivity contribution in [3.05, 3.63) is 29.3 Å². The smallest absolute Gasteiger partial charge is 0.0939 e. The summed E-state index contributed by atoms with van der Waals surface area (Å²) in [6, 6.07) is 8.47. The third kappa shape index (κ3) is 4.04. The number of thiazole rings is 1. The van der Waals surface area contributed by atoms with E-state index in [4.69, 9.17) is 4.98 Å².